The first kappa shape index (κ1) is 22.0. The molecule has 2 heterocycles. The van der Waals surface area contributed by atoms with E-state index in [1.807, 2.05) is 48.6 Å². The predicted molar refractivity (Wildman–Crippen MR) is 123 cm³/mol. The van der Waals surface area contributed by atoms with E-state index in [9.17, 15) is 15.0 Å². The van der Waals surface area contributed by atoms with Crippen molar-refractivity contribution in [3.05, 3.63) is 71.3 Å². The van der Waals surface area contributed by atoms with Gasteiger partial charge in [0, 0.05) is 11.5 Å². The van der Waals surface area contributed by atoms with E-state index in [0.717, 1.165) is 43.4 Å². The molecule has 33 heavy (non-hydrogen) atoms. The first-order valence-corrected chi connectivity index (χ1v) is 11.7. The van der Waals surface area contributed by atoms with Gasteiger partial charge in [-0.1, -0.05) is 36.4 Å². The molecule has 5 rings (SSSR count). The Morgan fingerprint density at radius 2 is 2.00 bits per heavy atom. The molecule has 0 radical (unpaired) electrons. The molecule has 6 heteroatoms. The van der Waals surface area contributed by atoms with Crippen LogP contribution in [-0.4, -0.2) is 46.7 Å². The quantitative estimate of drug-likeness (QED) is 0.638. The SMILES string of the molecule is Cc1c(C(=O)O)ccc2c1O[C@H]1CO[C@H](/C=C/C(O)C3(Oc4ccccc4)CCC3)[C@H]1CC2. The van der Waals surface area contributed by atoms with Crippen LogP contribution in [0.3, 0.4) is 0 Å². The average molecular weight is 451 g/mol. The molecule has 2 aromatic carbocycles. The molecule has 1 aliphatic carbocycles. The third kappa shape index (κ3) is 4.13. The lowest BCUT2D eigenvalue weighted by Gasteiger charge is -2.44. The average Bonchev–Trinajstić information content (AvgIpc) is 3.06. The molecule has 2 aliphatic heterocycles. The van der Waals surface area contributed by atoms with Crippen LogP contribution in [0.1, 0.15) is 47.2 Å². The van der Waals surface area contributed by atoms with Gasteiger partial charge in [-0.15, -0.1) is 0 Å². The lowest BCUT2D eigenvalue weighted by atomic mass is 9.75. The molecule has 1 saturated heterocycles. The van der Waals surface area contributed by atoms with Crippen LogP contribution in [0.25, 0.3) is 0 Å². The number of aromatic carboxylic acids is 1. The second-order valence-corrected chi connectivity index (χ2v) is 9.35. The summed E-state index contributed by atoms with van der Waals surface area (Å²) in [5.41, 5.74) is 1.39. The largest absolute Gasteiger partial charge is 0.487 e. The van der Waals surface area contributed by atoms with Crippen molar-refractivity contribution in [2.75, 3.05) is 6.61 Å². The summed E-state index contributed by atoms with van der Waals surface area (Å²) in [6, 6.07) is 13.2. The number of aliphatic hydroxyl groups is 1. The summed E-state index contributed by atoms with van der Waals surface area (Å²) in [7, 11) is 0. The Labute approximate surface area is 193 Å². The zero-order chi connectivity index (χ0) is 23.0. The van der Waals surface area contributed by atoms with E-state index in [4.69, 9.17) is 14.2 Å². The number of benzene rings is 2. The number of carbonyl (C=O) groups is 1. The van der Waals surface area contributed by atoms with Crippen molar-refractivity contribution in [3.63, 3.8) is 0 Å². The van der Waals surface area contributed by atoms with Crippen LogP contribution in [0, 0.1) is 12.8 Å². The number of aliphatic hydroxyl groups excluding tert-OH is 1. The minimum atomic E-state index is -0.945. The van der Waals surface area contributed by atoms with E-state index in [-0.39, 0.29) is 23.7 Å². The summed E-state index contributed by atoms with van der Waals surface area (Å²) in [6.07, 6.45) is 7.09. The number of para-hydroxylation sites is 1. The van der Waals surface area contributed by atoms with Gasteiger partial charge < -0.3 is 24.4 Å². The molecule has 174 valence electrons. The highest BCUT2D eigenvalue weighted by Gasteiger charge is 2.46. The van der Waals surface area contributed by atoms with Gasteiger partial charge in [0.2, 0.25) is 0 Å². The maximum absolute atomic E-state index is 11.5. The van der Waals surface area contributed by atoms with Gasteiger partial charge in [0.25, 0.3) is 0 Å². The van der Waals surface area contributed by atoms with Crippen molar-refractivity contribution >= 4 is 5.97 Å². The minimum absolute atomic E-state index is 0.140. The lowest BCUT2D eigenvalue weighted by Crippen LogP contribution is -2.52. The van der Waals surface area contributed by atoms with Crippen molar-refractivity contribution in [1.29, 1.82) is 0 Å². The van der Waals surface area contributed by atoms with E-state index in [2.05, 4.69) is 0 Å². The molecule has 0 aromatic heterocycles. The molecular weight excluding hydrogens is 420 g/mol. The highest BCUT2D eigenvalue weighted by atomic mass is 16.6. The maximum Gasteiger partial charge on any atom is 0.336 e. The normalized spacial score (nSPS) is 26.4. The number of ether oxygens (including phenoxy) is 3. The van der Waals surface area contributed by atoms with Crippen LogP contribution in [0.5, 0.6) is 11.5 Å². The Balaban J connectivity index is 1.29. The maximum atomic E-state index is 11.5. The fourth-order valence-corrected chi connectivity index (χ4v) is 5.25. The number of hydrogen-bond acceptors (Lipinski definition) is 5. The van der Waals surface area contributed by atoms with E-state index in [0.29, 0.717) is 17.9 Å². The number of hydrogen-bond donors (Lipinski definition) is 2. The Hall–Kier alpha value is -2.83. The van der Waals surface area contributed by atoms with E-state index in [1.165, 1.54) is 0 Å². The van der Waals surface area contributed by atoms with E-state index in [1.54, 1.807) is 13.0 Å². The number of carboxylic acid groups (broad SMARTS) is 1. The molecule has 2 fully saturated rings. The van der Waals surface area contributed by atoms with Gasteiger partial charge in [0.1, 0.15) is 29.3 Å². The molecule has 3 aliphatic rings. The molecule has 1 unspecified atom stereocenters. The van der Waals surface area contributed by atoms with Crippen molar-refractivity contribution < 1.29 is 29.2 Å². The molecule has 0 bridgehead atoms. The highest BCUT2D eigenvalue weighted by Crippen LogP contribution is 2.41. The summed E-state index contributed by atoms with van der Waals surface area (Å²) >= 11 is 0. The number of fused-ring (bicyclic) bond motifs is 2. The molecule has 0 amide bonds. The zero-order valence-electron chi connectivity index (χ0n) is 18.8. The van der Waals surface area contributed by atoms with E-state index < -0.39 is 17.7 Å². The Bertz CT molecular complexity index is 1040. The van der Waals surface area contributed by atoms with Gasteiger partial charge in [-0.2, -0.15) is 0 Å². The summed E-state index contributed by atoms with van der Waals surface area (Å²) in [5, 5.41) is 20.4. The number of rotatable bonds is 6. The molecule has 2 aromatic rings. The van der Waals surface area contributed by atoms with Crippen molar-refractivity contribution in [3.8, 4) is 11.5 Å². The predicted octanol–water partition coefficient (Wildman–Crippen LogP) is 4.32. The first-order valence-electron chi connectivity index (χ1n) is 11.7. The molecule has 4 atom stereocenters. The first-order chi connectivity index (χ1) is 16.0. The molecule has 6 nitrogen and oxygen atoms in total. The minimum Gasteiger partial charge on any atom is -0.487 e. The van der Waals surface area contributed by atoms with Crippen LogP contribution >= 0.6 is 0 Å². The van der Waals surface area contributed by atoms with Crippen LogP contribution in [0.2, 0.25) is 0 Å². The van der Waals surface area contributed by atoms with Crippen LogP contribution in [0.4, 0.5) is 0 Å². The molecule has 1 saturated carbocycles. The summed E-state index contributed by atoms with van der Waals surface area (Å²) in [6.45, 7) is 2.24. The van der Waals surface area contributed by atoms with Crippen molar-refractivity contribution in [2.24, 2.45) is 5.92 Å². The number of carboxylic acids is 1. The monoisotopic (exact) mass is 450 g/mol. The fraction of sp³-hybridized carbons (Fsp3) is 0.444. The van der Waals surface area contributed by atoms with Crippen LogP contribution in [-0.2, 0) is 11.2 Å². The molecule has 0 spiro atoms. The Morgan fingerprint density at radius 3 is 2.70 bits per heavy atom. The summed E-state index contributed by atoms with van der Waals surface area (Å²) in [5.74, 6) is 0.647. The highest BCUT2D eigenvalue weighted by molar-refractivity contribution is 5.90. The van der Waals surface area contributed by atoms with Gasteiger partial charge >= 0.3 is 5.97 Å². The second-order valence-electron chi connectivity index (χ2n) is 9.35. The number of aryl methyl sites for hydroxylation is 1. The smallest absolute Gasteiger partial charge is 0.336 e. The van der Waals surface area contributed by atoms with Gasteiger partial charge in [-0.25, -0.2) is 4.79 Å². The second kappa shape index (κ2) is 8.84. The topological polar surface area (TPSA) is 85.2 Å². The van der Waals surface area contributed by atoms with Crippen molar-refractivity contribution in [2.45, 2.75) is 62.9 Å². The molecular formula is C27H30O6. The van der Waals surface area contributed by atoms with Crippen molar-refractivity contribution in [1.82, 2.24) is 0 Å². The summed E-state index contributed by atoms with van der Waals surface area (Å²) in [4.78, 5) is 11.5. The van der Waals surface area contributed by atoms with Gasteiger partial charge in [-0.3, -0.25) is 0 Å². The van der Waals surface area contributed by atoms with Crippen LogP contribution in [0.15, 0.2) is 54.6 Å². The fourth-order valence-electron chi connectivity index (χ4n) is 5.25. The Morgan fingerprint density at radius 1 is 1.21 bits per heavy atom. The molecule has 2 N–H and O–H groups in total. The van der Waals surface area contributed by atoms with Gasteiger partial charge in [0.15, 0.2) is 0 Å². The third-order valence-electron chi connectivity index (χ3n) is 7.37. The lowest BCUT2D eigenvalue weighted by molar-refractivity contribution is -0.0853. The van der Waals surface area contributed by atoms with Gasteiger partial charge in [-0.05, 0) is 62.8 Å². The third-order valence-corrected chi connectivity index (χ3v) is 7.37. The standard InChI is InChI=1S/C27H30O6/c1-17-20(26(29)30)10-8-18-9-11-21-22(31-16-23(21)32-25(17)18)12-13-24(28)27(14-5-15-27)33-19-6-3-2-4-7-19/h2-4,6-8,10,12-13,21-24,28H,5,9,11,14-16H2,1H3,(H,29,30)/b13-12+/t21-,22-,23+,24?/m1/s1. The Kier molecular flexibility index (Phi) is 5.89. The van der Waals surface area contributed by atoms with Gasteiger partial charge in [0.05, 0.1) is 18.3 Å². The summed E-state index contributed by atoms with van der Waals surface area (Å²) < 4.78 is 18.6. The van der Waals surface area contributed by atoms with Crippen LogP contribution < -0.4 is 9.47 Å². The zero-order valence-corrected chi connectivity index (χ0v) is 18.8. The van der Waals surface area contributed by atoms with E-state index >= 15 is 0 Å².